The third-order valence-corrected chi connectivity index (χ3v) is 9.70. The van der Waals surface area contributed by atoms with Crippen molar-refractivity contribution in [2.24, 2.45) is 0 Å². The van der Waals surface area contributed by atoms with Gasteiger partial charge in [0, 0.05) is 18.7 Å². The van der Waals surface area contributed by atoms with Crippen LogP contribution in [0, 0.1) is 0 Å². The van der Waals surface area contributed by atoms with Gasteiger partial charge in [-0.05, 0) is 80.5 Å². The third-order valence-electron chi connectivity index (χ3n) is 6.80. The van der Waals surface area contributed by atoms with Crippen molar-refractivity contribution >= 4 is 54.5 Å². The van der Waals surface area contributed by atoms with Crippen molar-refractivity contribution in [3.8, 4) is 20.9 Å². The molecule has 4 heteroatoms. The first-order valence-electron chi connectivity index (χ1n) is 12.0. The van der Waals surface area contributed by atoms with E-state index in [4.69, 9.17) is 0 Å². The Morgan fingerprint density at radius 3 is 1.03 bits per heavy atom. The average Bonchev–Trinajstić information content (AvgIpc) is 3.67. The van der Waals surface area contributed by atoms with Gasteiger partial charge in [-0.25, -0.2) is 0 Å². The van der Waals surface area contributed by atoms with Gasteiger partial charge in [0.2, 0.25) is 0 Å². The maximum Gasteiger partial charge on any atom is 0.0701 e. The van der Waals surface area contributed by atoms with Crippen molar-refractivity contribution in [2.45, 2.75) is 5.41 Å². The normalized spacial score (nSPS) is 11.5. The van der Waals surface area contributed by atoms with Crippen LogP contribution in [-0.2, 0) is 5.41 Å². The van der Waals surface area contributed by atoms with Gasteiger partial charge < -0.3 is 0 Å². The summed E-state index contributed by atoms with van der Waals surface area (Å²) in [5, 5.41) is 4.26. The van der Waals surface area contributed by atoms with Crippen molar-refractivity contribution in [1.82, 2.24) is 0 Å². The Balaban J connectivity index is 1.61. The van der Waals surface area contributed by atoms with Crippen molar-refractivity contribution in [3.05, 3.63) is 163 Å². The van der Waals surface area contributed by atoms with Gasteiger partial charge in [-0.2, -0.15) is 0 Å². The summed E-state index contributed by atoms with van der Waals surface area (Å²) in [5.41, 5.74) is 6.93. The van der Waals surface area contributed by atoms with Crippen LogP contribution in [0.15, 0.2) is 141 Å². The average molecular weight is 642 g/mol. The third kappa shape index (κ3) is 4.68. The number of halogens is 2. The lowest BCUT2D eigenvalue weighted by Crippen LogP contribution is -2.31. The van der Waals surface area contributed by atoms with Crippen LogP contribution in [0.3, 0.4) is 0 Å². The topological polar surface area (TPSA) is 0 Å². The van der Waals surface area contributed by atoms with Crippen molar-refractivity contribution in [1.29, 1.82) is 0 Å². The summed E-state index contributed by atoms with van der Waals surface area (Å²) in [7, 11) is 0. The molecule has 0 atom stereocenters. The van der Waals surface area contributed by atoms with Crippen molar-refractivity contribution < 1.29 is 0 Å². The van der Waals surface area contributed by atoms with Crippen LogP contribution in [0.2, 0.25) is 0 Å². The molecule has 0 N–H and O–H groups in total. The summed E-state index contributed by atoms with van der Waals surface area (Å²) >= 11 is 10.8. The molecule has 2 aromatic heterocycles. The molecule has 0 amide bonds. The minimum Gasteiger partial charge on any atom is -0.144 e. The van der Waals surface area contributed by atoms with Crippen LogP contribution >= 0.6 is 54.5 Å². The molecule has 0 aliphatic carbocycles. The molecule has 180 valence electrons. The second kappa shape index (κ2) is 10.5. The van der Waals surface area contributed by atoms with E-state index in [9.17, 15) is 0 Å². The minimum atomic E-state index is -0.483. The molecular weight excluding hydrogens is 620 g/mol. The maximum atomic E-state index is 3.65. The molecule has 0 saturated heterocycles. The molecule has 0 fully saturated rings. The number of thiophene rings is 2. The Hall–Kier alpha value is -2.76. The van der Waals surface area contributed by atoms with Crippen LogP contribution in [0.5, 0.6) is 0 Å². The summed E-state index contributed by atoms with van der Waals surface area (Å²) in [4.78, 5) is 2.56. The van der Waals surface area contributed by atoms with Gasteiger partial charge in [0.1, 0.15) is 0 Å². The number of hydrogen-bond donors (Lipinski definition) is 0. The highest BCUT2D eigenvalue weighted by molar-refractivity contribution is 9.10. The number of benzene rings is 4. The van der Waals surface area contributed by atoms with E-state index < -0.39 is 5.41 Å². The number of hydrogen-bond acceptors (Lipinski definition) is 2. The van der Waals surface area contributed by atoms with Crippen LogP contribution in [0.4, 0.5) is 0 Å². The fourth-order valence-electron chi connectivity index (χ4n) is 5.05. The molecule has 0 spiro atoms. The highest BCUT2D eigenvalue weighted by Gasteiger charge is 2.38. The van der Waals surface area contributed by atoms with Gasteiger partial charge in [0.15, 0.2) is 0 Å². The Bertz CT molecular complexity index is 1460. The second-order valence-electron chi connectivity index (χ2n) is 8.87. The lowest BCUT2D eigenvalue weighted by molar-refractivity contribution is 0.745. The van der Waals surface area contributed by atoms with E-state index >= 15 is 0 Å². The zero-order valence-corrected chi connectivity index (χ0v) is 24.6. The zero-order chi connectivity index (χ0) is 25.2. The SMILES string of the molecule is Brc1ccc(C(c2ccc(Br)cc2)(c2ccc(-c3cccs3)cc2)c2ccc(-c3cccs3)cc2)cc1. The van der Waals surface area contributed by atoms with E-state index in [1.807, 2.05) is 0 Å². The molecular formula is C33H22Br2S2. The molecule has 0 radical (unpaired) electrons. The Morgan fingerprint density at radius 1 is 0.405 bits per heavy atom. The maximum absolute atomic E-state index is 3.65. The molecule has 2 heterocycles. The van der Waals surface area contributed by atoms with E-state index in [-0.39, 0.29) is 0 Å². The monoisotopic (exact) mass is 640 g/mol. The van der Waals surface area contributed by atoms with Gasteiger partial charge in [0.05, 0.1) is 5.41 Å². The first-order chi connectivity index (χ1) is 18.1. The van der Waals surface area contributed by atoms with E-state index in [0.717, 1.165) is 8.95 Å². The predicted octanol–water partition coefficient (Wildman–Crippen LogP) is 11.1. The molecule has 0 saturated carbocycles. The summed E-state index contributed by atoms with van der Waals surface area (Å²) in [6.45, 7) is 0. The lowest BCUT2D eigenvalue weighted by atomic mass is 9.65. The van der Waals surface area contributed by atoms with Gasteiger partial charge >= 0.3 is 0 Å². The van der Waals surface area contributed by atoms with E-state index in [2.05, 4.69) is 164 Å². The summed E-state index contributed by atoms with van der Waals surface area (Å²) in [6.07, 6.45) is 0. The molecule has 0 bridgehead atoms. The molecule has 6 aromatic rings. The van der Waals surface area contributed by atoms with Crippen LogP contribution in [0.25, 0.3) is 20.9 Å². The first kappa shape index (κ1) is 24.6. The predicted molar refractivity (Wildman–Crippen MR) is 167 cm³/mol. The fraction of sp³-hybridized carbons (Fsp3) is 0.0303. The zero-order valence-electron chi connectivity index (χ0n) is 19.8. The first-order valence-corrected chi connectivity index (χ1v) is 15.3. The van der Waals surface area contributed by atoms with Gasteiger partial charge in [0.25, 0.3) is 0 Å². The summed E-state index contributed by atoms with van der Waals surface area (Å²) in [5.74, 6) is 0. The Labute approximate surface area is 242 Å². The Morgan fingerprint density at radius 2 is 0.730 bits per heavy atom. The van der Waals surface area contributed by atoms with Crippen LogP contribution < -0.4 is 0 Å². The molecule has 0 aliphatic rings. The fourth-order valence-corrected chi connectivity index (χ4v) is 7.05. The Kier molecular flexibility index (Phi) is 7.00. The molecule has 0 nitrogen and oxygen atoms in total. The molecule has 6 rings (SSSR count). The number of rotatable bonds is 6. The molecule has 0 aliphatic heterocycles. The van der Waals surface area contributed by atoms with Crippen LogP contribution in [-0.4, -0.2) is 0 Å². The van der Waals surface area contributed by atoms with E-state index in [1.165, 1.54) is 43.1 Å². The van der Waals surface area contributed by atoms with Crippen molar-refractivity contribution in [3.63, 3.8) is 0 Å². The quantitative estimate of drug-likeness (QED) is 0.159. The second-order valence-corrected chi connectivity index (χ2v) is 12.6. The largest absolute Gasteiger partial charge is 0.144 e. The van der Waals surface area contributed by atoms with Gasteiger partial charge in [-0.15, -0.1) is 22.7 Å². The summed E-state index contributed by atoms with van der Waals surface area (Å²) in [6, 6.07) is 44.3. The molecule has 4 aromatic carbocycles. The van der Waals surface area contributed by atoms with Gasteiger partial charge in [-0.3, -0.25) is 0 Å². The van der Waals surface area contributed by atoms with E-state index in [1.54, 1.807) is 22.7 Å². The highest BCUT2D eigenvalue weighted by atomic mass is 79.9. The van der Waals surface area contributed by atoms with Crippen LogP contribution in [0.1, 0.15) is 22.3 Å². The van der Waals surface area contributed by atoms with E-state index in [0.29, 0.717) is 0 Å². The standard InChI is InChI=1S/C33H22Br2S2/c34-29-17-13-27(14-18-29)33(28-15-19-30(35)20-16-28,25-9-5-23(6-10-25)31-3-1-21-36-31)26-11-7-24(8-12-26)32-4-2-22-37-32/h1-22H. The molecule has 0 unspecified atom stereocenters. The smallest absolute Gasteiger partial charge is 0.0701 e. The minimum absolute atomic E-state index is 0.483. The molecule has 37 heavy (non-hydrogen) atoms. The lowest BCUT2D eigenvalue weighted by Gasteiger charge is -2.37. The van der Waals surface area contributed by atoms with Crippen molar-refractivity contribution in [2.75, 3.05) is 0 Å². The van der Waals surface area contributed by atoms with Gasteiger partial charge in [-0.1, -0.05) is 117 Å². The summed E-state index contributed by atoms with van der Waals surface area (Å²) < 4.78 is 2.14. The highest BCUT2D eigenvalue weighted by Crippen LogP contribution is 2.46.